The molecule has 2 aromatic rings. The smallest absolute Gasteiger partial charge is 0.317 e. The summed E-state index contributed by atoms with van der Waals surface area (Å²) in [5.41, 5.74) is 6.16. The summed E-state index contributed by atoms with van der Waals surface area (Å²) in [6.45, 7) is 3.46. The van der Waals surface area contributed by atoms with Crippen LogP contribution in [0.25, 0.3) is 11.3 Å². The van der Waals surface area contributed by atoms with Crippen molar-refractivity contribution in [3.05, 3.63) is 54.0 Å². The van der Waals surface area contributed by atoms with Gasteiger partial charge in [0.05, 0.1) is 12.3 Å². The van der Waals surface area contributed by atoms with E-state index in [9.17, 15) is 9.18 Å². The number of nitrogens with two attached hydrogens (primary N) is 1. The van der Waals surface area contributed by atoms with Gasteiger partial charge in [-0.1, -0.05) is 6.07 Å². The highest BCUT2D eigenvalue weighted by Crippen LogP contribution is 2.30. The van der Waals surface area contributed by atoms with Crippen LogP contribution in [-0.4, -0.2) is 24.1 Å². The topological polar surface area (TPSA) is 65.2 Å². The lowest BCUT2D eigenvalue weighted by atomic mass is 9.81. The number of carbonyl (C=O) groups is 1. The lowest BCUT2D eigenvalue weighted by Crippen LogP contribution is -2.42. The maximum atomic E-state index is 14.3. The van der Waals surface area contributed by atoms with Gasteiger partial charge in [0, 0.05) is 23.9 Å². The van der Waals surface area contributed by atoms with E-state index in [1.165, 1.54) is 6.07 Å². The van der Waals surface area contributed by atoms with Crippen LogP contribution in [0.4, 0.5) is 4.39 Å². The number of aromatic nitrogens is 1. The zero-order valence-corrected chi connectivity index (χ0v) is 12.7. The van der Waals surface area contributed by atoms with Crippen LogP contribution in [0.3, 0.4) is 0 Å². The van der Waals surface area contributed by atoms with Gasteiger partial charge in [-0.15, -0.1) is 0 Å². The SMILES string of the molecule is CCOC(=O)C(C)(CN)c1cc(-c2ccccn2)ccc1F. The van der Waals surface area contributed by atoms with Crippen molar-refractivity contribution in [2.75, 3.05) is 13.2 Å². The Bertz CT molecular complexity index is 661. The van der Waals surface area contributed by atoms with Crippen LogP contribution < -0.4 is 5.73 Å². The molecule has 1 unspecified atom stereocenters. The number of benzene rings is 1. The number of carbonyl (C=O) groups excluding carboxylic acids is 1. The third kappa shape index (κ3) is 2.99. The summed E-state index contributed by atoms with van der Waals surface area (Å²) >= 11 is 0. The van der Waals surface area contributed by atoms with Crippen molar-refractivity contribution in [2.45, 2.75) is 19.3 Å². The Balaban J connectivity index is 2.52. The highest BCUT2D eigenvalue weighted by Gasteiger charge is 2.38. The summed E-state index contributed by atoms with van der Waals surface area (Å²) < 4.78 is 19.3. The van der Waals surface area contributed by atoms with Crippen molar-refractivity contribution >= 4 is 5.97 Å². The Labute approximate surface area is 129 Å². The molecule has 2 N–H and O–H groups in total. The number of pyridine rings is 1. The van der Waals surface area contributed by atoms with Gasteiger partial charge in [-0.2, -0.15) is 0 Å². The molecule has 22 heavy (non-hydrogen) atoms. The molecule has 4 nitrogen and oxygen atoms in total. The molecule has 0 amide bonds. The molecule has 0 saturated heterocycles. The molecule has 1 aromatic heterocycles. The first-order valence-electron chi connectivity index (χ1n) is 7.11. The van der Waals surface area contributed by atoms with Crippen molar-refractivity contribution in [1.29, 1.82) is 0 Å². The highest BCUT2D eigenvalue weighted by atomic mass is 19.1. The summed E-state index contributed by atoms with van der Waals surface area (Å²) in [5.74, 6) is -1.02. The number of ether oxygens (including phenoxy) is 1. The van der Waals surface area contributed by atoms with Gasteiger partial charge in [0.15, 0.2) is 0 Å². The van der Waals surface area contributed by atoms with Crippen molar-refractivity contribution < 1.29 is 13.9 Å². The Kier molecular flexibility index (Phi) is 4.88. The van der Waals surface area contributed by atoms with Gasteiger partial charge in [-0.3, -0.25) is 9.78 Å². The second-order valence-corrected chi connectivity index (χ2v) is 5.17. The molecule has 0 saturated carbocycles. The van der Waals surface area contributed by atoms with E-state index in [4.69, 9.17) is 10.5 Å². The van der Waals surface area contributed by atoms with Gasteiger partial charge in [0.1, 0.15) is 11.2 Å². The predicted octanol–water partition coefficient (Wildman–Crippen LogP) is 2.67. The minimum absolute atomic E-state index is 0.0472. The number of hydrogen-bond donors (Lipinski definition) is 1. The zero-order chi connectivity index (χ0) is 16.2. The van der Waals surface area contributed by atoms with Crippen LogP contribution in [-0.2, 0) is 14.9 Å². The Hall–Kier alpha value is -2.27. The highest BCUT2D eigenvalue weighted by molar-refractivity contribution is 5.84. The average molecular weight is 302 g/mol. The summed E-state index contributed by atoms with van der Waals surface area (Å²) in [4.78, 5) is 16.5. The Morgan fingerprint density at radius 3 is 2.73 bits per heavy atom. The quantitative estimate of drug-likeness (QED) is 0.862. The maximum absolute atomic E-state index is 14.3. The number of nitrogens with zero attached hydrogens (tertiary/aromatic N) is 1. The molecule has 116 valence electrons. The van der Waals surface area contributed by atoms with Gasteiger partial charge in [-0.25, -0.2) is 4.39 Å². The number of halogens is 1. The number of esters is 1. The first-order chi connectivity index (χ1) is 10.5. The van der Waals surface area contributed by atoms with E-state index in [0.717, 1.165) is 5.56 Å². The van der Waals surface area contributed by atoms with Gasteiger partial charge in [0.25, 0.3) is 0 Å². The minimum Gasteiger partial charge on any atom is -0.465 e. The zero-order valence-electron chi connectivity index (χ0n) is 12.7. The molecule has 0 aliphatic heterocycles. The van der Waals surface area contributed by atoms with Gasteiger partial charge in [-0.05, 0) is 44.2 Å². The second-order valence-electron chi connectivity index (χ2n) is 5.17. The second kappa shape index (κ2) is 6.66. The summed E-state index contributed by atoms with van der Waals surface area (Å²) in [7, 11) is 0. The minimum atomic E-state index is -1.23. The fraction of sp³-hybridized carbons (Fsp3) is 0.294. The van der Waals surface area contributed by atoms with Gasteiger partial charge in [0.2, 0.25) is 0 Å². The molecule has 1 aromatic carbocycles. The van der Waals surface area contributed by atoms with Crippen LogP contribution in [0.2, 0.25) is 0 Å². The molecule has 0 spiro atoms. The van der Waals surface area contributed by atoms with Crippen molar-refractivity contribution in [1.82, 2.24) is 4.98 Å². The monoisotopic (exact) mass is 302 g/mol. The molecule has 1 heterocycles. The fourth-order valence-corrected chi connectivity index (χ4v) is 2.23. The molecule has 5 heteroatoms. The van der Waals surface area contributed by atoms with E-state index in [-0.39, 0.29) is 18.7 Å². The normalized spacial score (nSPS) is 13.5. The molecule has 0 aliphatic carbocycles. The summed E-state index contributed by atoms with van der Waals surface area (Å²) in [5, 5.41) is 0. The van der Waals surface area contributed by atoms with Crippen molar-refractivity contribution in [3.63, 3.8) is 0 Å². The number of rotatable bonds is 5. The van der Waals surface area contributed by atoms with E-state index >= 15 is 0 Å². The summed E-state index contributed by atoms with van der Waals surface area (Å²) in [6, 6.07) is 10.0. The molecule has 0 radical (unpaired) electrons. The first-order valence-corrected chi connectivity index (χ1v) is 7.11. The predicted molar refractivity (Wildman–Crippen MR) is 82.7 cm³/mol. The van der Waals surface area contributed by atoms with Crippen LogP contribution in [0.5, 0.6) is 0 Å². The van der Waals surface area contributed by atoms with Crippen LogP contribution in [0.1, 0.15) is 19.4 Å². The Morgan fingerprint density at radius 2 is 2.14 bits per heavy atom. The molecule has 1 atom stereocenters. The van der Waals surface area contributed by atoms with Crippen LogP contribution >= 0.6 is 0 Å². The Morgan fingerprint density at radius 1 is 1.36 bits per heavy atom. The van der Waals surface area contributed by atoms with Gasteiger partial charge >= 0.3 is 5.97 Å². The lowest BCUT2D eigenvalue weighted by molar-refractivity contribution is -0.149. The van der Waals surface area contributed by atoms with E-state index in [1.54, 1.807) is 38.2 Å². The molecule has 2 rings (SSSR count). The fourth-order valence-electron chi connectivity index (χ4n) is 2.23. The molecule has 0 fully saturated rings. The van der Waals surface area contributed by atoms with Gasteiger partial charge < -0.3 is 10.5 Å². The van der Waals surface area contributed by atoms with E-state index < -0.39 is 17.2 Å². The maximum Gasteiger partial charge on any atom is 0.317 e. The largest absolute Gasteiger partial charge is 0.465 e. The lowest BCUT2D eigenvalue weighted by Gasteiger charge is -2.27. The van der Waals surface area contributed by atoms with E-state index in [2.05, 4.69) is 4.98 Å². The van der Waals surface area contributed by atoms with E-state index in [0.29, 0.717) is 5.69 Å². The molecular weight excluding hydrogens is 283 g/mol. The van der Waals surface area contributed by atoms with Crippen LogP contribution in [0, 0.1) is 5.82 Å². The van der Waals surface area contributed by atoms with E-state index in [1.807, 2.05) is 12.1 Å². The van der Waals surface area contributed by atoms with Crippen LogP contribution in [0.15, 0.2) is 42.6 Å². The first kappa shape index (κ1) is 16.1. The van der Waals surface area contributed by atoms with Crippen molar-refractivity contribution in [3.8, 4) is 11.3 Å². The third-order valence-corrected chi connectivity index (χ3v) is 3.66. The molecule has 0 aliphatic rings. The average Bonchev–Trinajstić information content (AvgIpc) is 2.55. The standard InChI is InChI=1S/C17H19FN2O2/c1-3-22-16(21)17(2,11-19)13-10-12(7-8-14(13)18)15-6-4-5-9-20-15/h4-10H,3,11,19H2,1-2H3. The van der Waals surface area contributed by atoms with Crippen molar-refractivity contribution in [2.24, 2.45) is 5.73 Å². The third-order valence-electron chi connectivity index (χ3n) is 3.66. The number of hydrogen-bond acceptors (Lipinski definition) is 4. The molecular formula is C17H19FN2O2. The molecule has 0 bridgehead atoms. The summed E-state index contributed by atoms with van der Waals surface area (Å²) in [6.07, 6.45) is 1.66.